The van der Waals surface area contributed by atoms with Crippen LogP contribution in [0, 0.1) is 6.92 Å². The van der Waals surface area contributed by atoms with Crippen molar-refractivity contribution in [3.8, 4) is 0 Å². The zero-order valence-electron chi connectivity index (χ0n) is 9.59. The molecule has 0 saturated carbocycles. The van der Waals surface area contributed by atoms with Gasteiger partial charge in [0.25, 0.3) is 0 Å². The summed E-state index contributed by atoms with van der Waals surface area (Å²) < 4.78 is 0. The van der Waals surface area contributed by atoms with Gasteiger partial charge in [-0.2, -0.15) is 0 Å². The van der Waals surface area contributed by atoms with Crippen LogP contribution in [0.2, 0.25) is 0 Å². The maximum atomic E-state index is 5.84. The van der Waals surface area contributed by atoms with Crippen LogP contribution in [0.15, 0.2) is 36.7 Å². The summed E-state index contributed by atoms with van der Waals surface area (Å²) in [4.78, 5) is 8.35. The molecule has 5 heteroatoms. The highest BCUT2D eigenvalue weighted by atomic mass is 15.2. The Labute approximate surface area is 99.9 Å². The van der Waals surface area contributed by atoms with E-state index < -0.39 is 0 Å². The molecule has 5 nitrogen and oxygen atoms in total. The summed E-state index contributed by atoms with van der Waals surface area (Å²) in [5.41, 5.74) is 11.3. The molecule has 5 N–H and O–H groups in total. The molecule has 1 atom stereocenters. The average molecular weight is 229 g/mol. The lowest BCUT2D eigenvalue weighted by Crippen LogP contribution is -2.30. The molecule has 0 aliphatic rings. The van der Waals surface area contributed by atoms with Crippen LogP contribution in [0.4, 0.5) is 5.82 Å². The van der Waals surface area contributed by atoms with Gasteiger partial charge in [-0.15, -0.1) is 0 Å². The fraction of sp³-hybridized carbons (Fsp3) is 0.167. The van der Waals surface area contributed by atoms with Crippen LogP contribution in [0.1, 0.15) is 22.9 Å². The maximum absolute atomic E-state index is 5.84. The van der Waals surface area contributed by atoms with E-state index in [1.165, 1.54) is 0 Å². The fourth-order valence-electron chi connectivity index (χ4n) is 1.73. The third kappa shape index (κ3) is 2.41. The lowest BCUT2D eigenvalue weighted by Gasteiger charge is -2.17. The van der Waals surface area contributed by atoms with E-state index >= 15 is 0 Å². The molecule has 0 radical (unpaired) electrons. The van der Waals surface area contributed by atoms with E-state index in [-0.39, 0.29) is 6.04 Å². The number of pyridine rings is 2. The number of hydrogen-bond donors (Lipinski definition) is 3. The molecule has 2 aromatic heterocycles. The number of nitrogens with zero attached hydrogens (tertiary/aromatic N) is 2. The molecule has 2 aromatic rings. The third-order valence-corrected chi connectivity index (χ3v) is 2.58. The second-order valence-corrected chi connectivity index (χ2v) is 3.84. The number of nitrogens with one attached hydrogen (secondary N) is 1. The van der Waals surface area contributed by atoms with E-state index in [4.69, 9.17) is 11.6 Å². The van der Waals surface area contributed by atoms with Gasteiger partial charge in [0.1, 0.15) is 5.82 Å². The first-order chi connectivity index (χ1) is 8.22. The summed E-state index contributed by atoms with van der Waals surface area (Å²) in [6.07, 6.45) is 3.40. The van der Waals surface area contributed by atoms with E-state index in [1.54, 1.807) is 12.4 Å². The van der Waals surface area contributed by atoms with Crippen LogP contribution in [0.3, 0.4) is 0 Å². The highest BCUT2D eigenvalue weighted by Gasteiger charge is 2.16. The van der Waals surface area contributed by atoms with Crippen molar-refractivity contribution in [3.63, 3.8) is 0 Å². The number of hydrogen-bond acceptors (Lipinski definition) is 5. The Morgan fingerprint density at radius 3 is 2.71 bits per heavy atom. The normalized spacial score (nSPS) is 12.4. The van der Waals surface area contributed by atoms with Crippen molar-refractivity contribution in [1.29, 1.82) is 0 Å². The molecule has 2 rings (SSSR count). The fourth-order valence-corrected chi connectivity index (χ4v) is 1.73. The molecule has 2 heterocycles. The SMILES string of the molecule is Cc1ccnc(C(NN)c2cccnc2N)c1. The van der Waals surface area contributed by atoms with Crippen LogP contribution in [-0.2, 0) is 0 Å². The third-order valence-electron chi connectivity index (χ3n) is 2.58. The number of nitrogen functional groups attached to an aromatic ring is 1. The summed E-state index contributed by atoms with van der Waals surface area (Å²) in [5, 5.41) is 0. The lowest BCUT2D eigenvalue weighted by atomic mass is 10.0. The van der Waals surface area contributed by atoms with Crippen molar-refractivity contribution in [2.24, 2.45) is 5.84 Å². The molecule has 0 aliphatic carbocycles. The second kappa shape index (κ2) is 4.90. The molecule has 0 amide bonds. The first kappa shape index (κ1) is 11.5. The van der Waals surface area contributed by atoms with Gasteiger partial charge in [0.2, 0.25) is 0 Å². The van der Waals surface area contributed by atoms with Crippen molar-refractivity contribution in [1.82, 2.24) is 15.4 Å². The lowest BCUT2D eigenvalue weighted by molar-refractivity contribution is 0.620. The number of hydrazine groups is 1. The highest BCUT2D eigenvalue weighted by Crippen LogP contribution is 2.23. The number of aryl methyl sites for hydroxylation is 1. The minimum absolute atomic E-state index is 0.247. The summed E-state index contributed by atoms with van der Waals surface area (Å²) in [6, 6.07) is 7.37. The summed E-state index contributed by atoms with van der Waals surface area (Å²) in [5.74, 6) is 6.04. The topological polar surface area (TPSA) is 89.8 Å². The molecule has 0 bridgehead atoms. The minimum Gasteiger partial charge on any atom is -0.383 e. The Morgan fingerprint density at radius 2 is 2.06 bits per heavy atom. The van der Waals surface area contributed by atoms with Crippen molar-refractivity contribution >= 4 is 5.82 Å². The largest absolute Gasteiger partial charge is 0.383 e. The highest BCUT2D eigenvalue weighted by molar-refractivity contribution is 5.44. The predicted molar refractivity (Wildman–Crippen MR) is 66.8 cm³/mol. The van der Waals surface area contributed by atoms with Crippen LogP contribution in [0.5, 0.6) is 0 Å². The first-order valence-corrected chi connectivity index (χ1v) is 5.31. The Hall–Kier alpha value is -1.98. The predicted octanol–water partition coefficient (Wildman–Crippen LogP) is 0.920. The van der Waals surface area contributed by atoms with E-state index in [0.29, 0.717) is 5.82 Å². The monoisotopic (exact) mass is 229 g/mol. The van der Waals surface area contributed by atoms with Crippen LogP contribution in [0.25, 0.3) is 0 Å². The molecule has 1 unspecified atom stereocenters. The Kier molecular flexibility index (Phi) is 3.32. The van der Waals surface area contributed by atoms with Gasteiger partial charge >= 0.3 is 0 Å². The van der Waals surface area contributed by atoms with Gasteiger partial charge in [-0.05, 0) is 30.7 Å². The summed E-state index contributed by atoms with van der Waals surface area (Å²) in [7, 11) is 0. The van der Waals surface area contributed by atoms with Crippen molar-refractivity contribution in [2.45, 2.75) is 13.0 Å². The number of nitrogens with two attached hydrogens (primary N) is 2. The van der Waals surface area contributed by atoms with E-state index in [2.05, 4.69) is 15.4 Å². The standard InChI is InChI=1S/C12H15N5/c1-8-4-6-15-10(7-8)11(17-14)9-3-2-5-16-12(9)13/h2-7,11,17H,14H2,1H3,(H2,13,16). The Morgan fingerprint density at radius 1 is 1.24 bits per heavy atom. The molecule has 0 aromatic carbocycles. The molecule has 88 valence electrons. The average Bonchev–Trinajstić information content (AvgIpc) is 2.33. The van der Waals surface area contributed by atoms with Crippen molar-refractivity contribution < 1.29 is 0 Å². The quantitative estimate of drug-likeness (QED) is 0.538. The Balaban J connectivity index is 2.44. The van der Waals surface area contributed by atoms with Gasteiger partial charge < -0.3 is 5.73 Å². The molecule has 0 fully saturated rings. The zero-order chi connectivity index (χ0) is 12.3. The number of anilines is 1. The molecule has 0 saturated heterocycles. The second-order valence-electron chi connectivity index (χ2n) is 3.84. The Bertz CT molecular complexity index is 512. The molecule has 17 heavy (non-hydrogen) atoms. The van der Waals surface area contributed by atoms with Gasteiger partial charge in [-0.3, -0.25) is 10.8 Å². The summed E-state index contributed by atoms with van der Waals surface area (Å²) in [6.45, 7) is 2.01. The van der Waals surface area contributed by atoms with Gasteiger partial charge in [0.15, 0.2) is 0 Å². The molecule has 0 aliphatic heterocycles. The zero-order valence-corrected chi connectivity index (χ0v) is 9.59. The molecular weight excluding hydrogens is 214 g/mol. The van der Waals surface area contributed by atoms with E-state index in [1.807, 2.05) is 31.2 Å². The van der Waals surface area contributed by atoms with Crippen molar-refractivity contribution in [2.75, 3.05) is 5.73 Å². The van der Waals surface area contributed by atoms with Gasteiger partial charge in [-0.25, -0.2) is 10.4 Å². The minimum atomic E-state index is -0.247. The van der Waals surface area contributed by atoms with Crippen molar-refractivity contribution in [3.05, 3.63) is 53.5 Å². The number of aromatic nitrogens is 2. The summed E-state index contributed by atoms with van der Waals surface area (Å²) >= 11 is 0. The molecule has 0 spiro atoms. The van der Waals surface area contributed by atoms with Gasteiger partial charge in [0, 0.05) is 18.0 Å². The smallest absolute Gasteiger partial charge is 0.128 e. The van der Waals surface area contributed by atoms with Crippen LogP contribution < -0.4 is 17.0 Å². The first-order valence-electron chi connectivity index (χ1n) is 5.31. The maximum Gasteiger partial charge on any atom is 0.128 e. The van der Waals surface area contributed by atoms with Gasteiger partial charge in [0.05, 0.1) is 11.7 Å². The van der Waals surface area contributed by atoms with Gasteiger partial charge in [-0.1, -0.05) is 6.07 Å². The van der Waals surface area contributed by atoms with E-state index in [9.17, 15) is 0 Å². The molecular formula is C12H15N5. The van der Waals surface area contributed by atoms with E-state index in [0.717, 1.165) is 16.8 Å². The van der Waals surface area contributed by atoms with Crippen LogP contribution >= 0.6 is 0 Å². The van der Waals surface area contributed by atoms with Crippen LogP contribution in [-0.4, -0.2) is 9.97 Å². The number of rotatable bonds is 3.